The van der Waals surface area contributed by atoms with Gasteiger partial charge in [-0.25, -0.2) is 0 Å². The molecule has 0 aromatic heterocycles. The summed E-state index contributed by atoms with van der Waals surface area (Å²) in [7, 11) is 0. The van der Waals surface area contributed by atoms with Crippen LogP contribution >= 0.6 is 0 Å². The van der Waals surface area contributed by atoms with Crippen LogP contribution in [-0.2, 0) is 14.2 Å². The van der Waals surface area contributed by atoms with E-state index in [4.69, 9.17) is 14.2 Å². The first-order valence-electron chi connectivity index (χ1n) is 19.1. The molecule has 3 aliphatic heterocycles. The van der Waals surface area contributed by atoms with Crippen LogP contribution in [0.25, 0.3) is 0 Å². The highest BCUT2D eigenvalue weighted by Crippen LogP contribution is 2.79. The van der Waals surface area contributed by atoms with Gasteiger partial charge in [-0.05, 0) is 103 Å². The van der Waals surface area contributed by atoms with Gasteiger partial charge in [0.25, 0.3) is 0 Å². The summed E-state index contributed by atoms with van der Waals surface area (Å²) in [4.78, 5) is 0. The molecule has 6 saturated carbocycles. The summed E-state index contributed by atoms with van der Waals surface area (Å²) >= 11 is 0. The van der Waals surface area contributed by atoms with Gasteiger partial charge < -0.3 is 44.8 Å². The highest BCUT2D eigenvalue weighted by atomic mass is 16.8. The minimum atomic E-state index is -2.34. The van der Waals surface area contributed by atoms with E-state index >= 15 is 0 Å². The number of aliphatic hydroxyl groups excluding tert-OH is 5. The molecule has 9 nitrogen and oxygen atoms in total. The number of hydrogen-bond acceptors (Lipinski definition) is 9. The lowest BCUT2D eigenvalue weighted by molar-refractivity contribution is -0.528. The second-order valence-corrected chi connectivity index (χ2v) is 19.2. The molecule has 6 N–H and O–H groups in total. The van der Waals surface area contributed by atoms with Gasteiger partial charge in [0, 0.05) is 23.2 Å². The van der Waals surface area contributed by atoms with Crippen LogP contribution in [0.4, 0.5) is 0 Å². The first-order chi connectivity index (χ1) is 23.0. The quantitative estimate of drug-likeness (QED) is 0.246. The van der Waals surface area contributed by atoms with Crippen LogP contribution in [0.2, 0.25) is 0 Å². The molecule has 9 fully saturated rings. The van der Waals surface area contributed by atoms with Crippen molar-refractivity contribution in [1.82, 2.24) is 0 Å². The molecular formula is C40H58O9. The highest BCUT2D eigenvalue weighted by molar-refractivity contribution is 5.39. The smallest absolute Gasteiger partial charge is 0.206 e. The van der Waals surface area contributed by atoms with E-state index in [1.54, 1.807) is 0 Å². The molecule has 0 radical (unpaired) electrons. The zero-order valence-electron chi connectivity index (χ0n) is 29.7. The Balaban J connectivity index is 1.10. The molecule has 9 heteroatoms. The maximum Gasteiger partial charge on any atom is 0.206 e. The van der Waals surface area contributed by atoms with Crippen LogP contribution in [0, 0.1) is 62.6 Å². The van der Waals surface area contributed by atoms with Gasteiger partial charge in [-0.15, -0.1) is 0 Å². The van der Waals surface area contributed by atoms with Crippen LogP contribution in [-0.4, -0.2) is 92.6 Å². The standard InChI is InChI=1S/C40H58O9/c1-19-17-47-29-21(19)7-10-24-23(29)9-11-25-36(24,5)16-14-27(41)37(25,6)18-48-34-38-26-12-8-22-20(2)31(43)39(26,32(22)44)40(46,49-34)33(45)30(38)35(3,4)15-13-28(38)42/h9,21-22,24-34,41-46H,1-2,7-8,10-18H2,3-6H3/t21-,22-,24+,25-,26-,27+,28-,29+,30+,31+,32+,33-,34-,36-,37+,38-,39-,40+/m0/s1. The third kappa shape index (κ3) is 3.64. The SMILES string of the molecule is C=C1[C@@H](O)[C@]23[C@H](O)[C@H]1CC[C@H]2[C@@]12[C@@H](OC[C@]4(C)[C@H]5CC=C6[C@@H](CC[C@H]7C(=C)CO[C@@H]67)[C@]5(C)CC[C@H]4O)O[C@]3(O)[C@@H](O)[C@@H]1C(C)(C)CC[C@@H]2O. The van der Waals surface area contributed by atoms with Gasteiger partial charge in [0.15, 0.2) is 6.29 Å². The summed E-state index contributed by atoms with van der Waals surface area (Å²) in [5.74, 6) is -3.16. The molecule has 0 amide bonds. The lowest BCUT2D eigenvalue weighted by Gasteiger charge is -2.77. The zero-order valence-corrected chi connectivity index (χ0v) is 29.7. The fourth-order valence-corrected chi connectivity index (χ4v) is 15.0. The van der Waals surface area contributed by atoms with Crippen LogP contribution in [0.3, 0.4) is 0 Å². The van der Waals surface area contributed by atoms with Crippen LogP contribution in [0.1, 0.15) is 85.5 Å². The summed E-state index contributed by atoms with van der Waals surface area (Å²) in [6.07, 6.45) is 2.39. The predicted molar refractivity (Wildman–Crippen MR) is 179 cm³/mol. The second-order valence-electron chi connectivity index (χ2n) is 19.2. The average Bonchev–Trinajstić information content (AvgIpc) is 3.48. The van der Waals surface area contributed by atoms with E-state index in [2.05, 4.69) is 46.9 Å². The van der Waals surface area contributed by atoms with E-state index in [-0.39, 0.29) is 24.0 Å². The van der Waals surface area contributed by atoms with Crippen molar-refractivity contribution in [3.05, 3.63) is 36.0 Å². The lowest BCUT2D eigenvalue weighted by atomic mass is 9.35. The molecule has 7 aliphatic carbocycles. The molecule has 3 heterocycles. The first-order valence-corrected chi connectivity index (χ1v) is 19.1. The molecule has 0 unspecified atom stereocenters. The monoisotopic (exact) mass is 682 g/mol. The third-order valence-electron chi connectivity index (χ3n) is 17.2. The number of fused-ring (bicyclic) bond motifs is 7. The fraction of sp³-hybridized carbons (Fsp3) is 0.850. The minimum absolute atomic E-state index is 0.0749. The van der Waals surface area contributed by atoms with Gasteiger partial charge in [-0.2, -0.15) is 0 Å². The van der Waals surface area contributed by atoms with Crippen LogP contribution < -0.4 is 0 Å². The number of allylic oxidation sites excluding steroid dienone is 1. The Labute approximate surface area is 290 Å². The Morgan fingerprint density at radius 3 is 2.33 bits per heavy atom. The van der Waals surface area contributed by atoms with Crippen molar-refractivity contribution in [2.75, 3.05) is 13.2 Å². The molecule has 272 valence electrons. The van der Waals surface area contributed by atoms with Gasteiger partial charge in [-0.1, -0.05) is 46.9 Å². The van der Waals surface area contributed by atoms with E-state index in [1.165, 1.54) is 11.1 Å². The van der Waals surface area contributed by atoms with Crippen LogP contribution in [0.15, 0.2) is 36.0 Å². The Morgan fingerprint density at radius 2 is 1.57 bits per heavy atom. The summed E-state index contributed by atoms with van der Waals surface area (Å²) < 4.78 is 19.9. The fourth-order valence-electron chi connectivity index (χ4n) is 15.0. The van der Waals surface area contributed by atoms with Crippen molar-refractivity contribution in [3.63, 3.8) is 0 Å². The molecule has 2 spiro atoms. The molecule has 10 aliphatic rings. The summed E-state index contributed by atoms with van der Waals surface area (Å²) in [5.41, 5.74) is -1.06. The lowest BCUT2D eigenvalue weighted by Crippen LogP contribution is -2.88. The number of aliphatic hydroxyl groups is 6. The number of hydrogen-bond donors (Lipinski definition) is 6. The zero-order chi connectivity index (χ0) is 34.8. The second kappa shape index (κ2) is 10.3. The van der Waals surface area contributed by atoms with Crippen molar-refractivity contribution in [3.8, 4) is 0 Å². The van der Waals surface area contributed by atoms with E-state index in [0.29, 0.717) is 56.1 Å². The van der Waals surface area contributed by atoms with Gasteiger partial charge in [0.05, 0.1) is 54.6 Å². The van der Waals surface area contributed by atoms with Crippen LogP contribution in [0.5, 0.6) is 0 Å². The molecular weight excluding hydrogens is 624 g/mol. The van der Waals surface area contributed by atoms with Gasteiger partial charge in [-0.3, -0.25) is 0 Å². The Morgan fingerprint density at radius 1 is 0.857 bits per heavy atom. The van der Waals surface area contributed by atoms with Crippen molar-refractivity contribution >= 4 is 0 Å². The Hall–Kier alpha value is -1.14. The molecule has 10 rings (SSSR count). The summed E-state index contributed by atoms with van der Waals surface area (Å²) in [6, 6.07) is 0. The van der Waals surface area contributed by atoms with E-state index in [0.717, 1.165) is 25.7 Å². The summed E-state index contributed by atoms with van der Waals surface area (Å²) in [5, 5.41) is 72.9. The minimum Gasteiger partial charge on any atom is -0.392 e. The number of ether oxygens (including phenoxy) is 3. The maximum atomic E-state index is 12.8. The van der Waals surface area contributed by atoms with Gasteiger partial charge in [0.1, 0.15) is 6.10 Å². The maximum absolute atomic E-state index is 12.8. The topological polar surface area (TPSA) is 149 Å². The molecule has 3 saturated heterocycles. The Bertz CT molecular complexity index is 1490. The molecule has 4 bridgehead atoms. The molecule has 18 atom stereocenters. The number of rotatable bonds is 3. The van der Waals surface area contributed by atoms with Crippen molar-refractivity contribution < 1.29 is 44.8 Å². The summed E-state index contributed by atoms with van der Waals surface area (Å²) in [6.45, 7) is 17.8. The molecule has 0 aromatic carbocycles. The Kier molecular flexibility index (Phi) is 7.07. The molecule has 0 aromatic rings. The van der Waals surface area contributed by atoms with Gasteiger partial charge in [0.2, 0.25) is 5.79 Å². The highest BCUT2D eigenvalue weighted by Gasteiger charge is 2.89. The van der Waals surface area contributed by atoms with E-state index < -0.39 is 82.0 Å². The van der Waals surface area contributed by atoms with E-state index in [9.17, 15) is 30.6 Å². The predicted octanol–water partition coefficient (Wildman–Crippen LogP) is 3.60. The molecule has 49 heavy (non-hydrogen) atoms. The van der Waals surface area contributed by atoms with Crippen molar-refractivity contribution in [2.24, 2.45) is 62.6 Å². The van der Waals surface area contributed by atoms with Crippen molar-refractivity contribution in [1.29, 1.82) is 0 Å². The average molecular weight is 683 g/mol. The first kappa shape index (κ1) is 33.7. The van der Waals surface area contributed by atoms with Crippen molar-refractivity contribution in [2.45, 2.75) is 134 Å². The third-order valence-corrected chi connectivity index (χ3v) is 17.2. The largest absolute Gasteiger partial charge is 0.392 e. The van der Waals surface area contributed by atoms with E-state index in [1.807, 2.05) is 0 Å². The van der Waals surface area contributed by atoms with Gasteiger partial charge >= 0.3 is 0 Å². The normalized spacial score (nSPS) is 59.8.